The molecule has 0 aromatic heterocycles. The number of rotatable bonds is 1. The Bertz CT molecular complexity index is 707. The van der Waals surface area contributed by atoms with Crippen molar-refractivity contribution in [1.82, 2.24) is 10.2 Å². The van der Waals surface area contributed by atoms with Crippen molar-refractivity contribution in [3.8, 4) is 5.75 Å². The van der Waals surface area contributed by atoms with E-state index in [0.29, 0.717) is 43.3 Å². The topological polar surface area (TPSA) is 58.6 Å². The van der Waals surface area contributed by atoms with Crippen LogP contribution < -0.4 is 10.1 Å². The van der Waals surface area contributed by atoms with Gasteiger partial charge in [-0.05, 0) is 31.0 Å². The number of nitrogens with one attached hydrogen (secondary N) is 1. The highest BCUT2D eigenvalue weighted by molar-refractivity contribution is 6.00. The fourth-order valence-corrected chi connectivity index (χ4v) is 4.38. The zero-order chi connectivity index (χ0) is 18.1. The number of ketones is 1. The molecule has 0 radical (unpaired) electrons. The summed E-state index contributed by atoms with van der Waals surface area (Å²) in [5.41, 5.74) is -0.239. The van der Waals surface area contributed by atoms with Gasteiger partial charge >= 0.3 is 6.03 Å². The number of amides is 2. The van der Waals surface area contributed by atoms with Gasteiger partial charge in [-0.15, -0.1) is 0 Å². The molecule has 0 bridgehead atoms. The minimum absolute atomic E-state index is 0.00337. The lowest BCUT2D eigenvalue weighted by molar-refractivity contribution is -0.00105. The van der Waals surface area contributed by atoms with Gasteiger partial charge in [0.2, 0.25) is 0 Å². The molecule has 1 aromatic carbocycles. The normalized spacial score (nSPS) is 22.7. The summed E-state index contributed by atoms with van der Waals surface area (Å²) in [5.74, 6) is -0.0422. The minimum atomic E-state index is -0.566. The van der Waals surface area contributed by atoms with E-state index in [9.17, 15) is 14.0 Å². The first-order valence-corrected chi connectivity index (χ1v) is 9.62. The van der Waals surface area contributed by atoms with Crippen molar-refractivity contribution in [2.24, 2.45) is 0 Å². The lowest BCUT2D eigenvalue weighted by Crippen LogP contribution is -2.55. The Morgan fingerprint density at radius 1 is 1.19 bits per heavy atom. The van der Waals surface area contributed by atoms with E-state index in [1.165, 1.54) is 37.5 Å². The van der Waals surface area contributed by atoms with E-state index in [4.69, 9.17) is 4.74 Å². The number of carbonyl (C=O) groups is 2. The molecule has 2 amide bonds. The van der Waals surface area contributed by atoms with E-state index in [-0.39, 0.29) is 18.2 Å². The van der Waals surface area contributed by atoms with Crippen LogP contribution in [-0.2, 0) is 0 Å². The first-order chi connectivity index (χ1) is 12.5. The van der Waals surface area contributed by atoms with Gasteiger partial charge < -0.3 is 15.0 Å². The number of carbonyl (C=O) groups excluding carboxylic acids is 2. The van der Waals surface area contributed by atoms with Crippen molar-refractivity contribution in [3.63, 3.8) is 0 Å². The monoisotopic (exact) mass is 360 g/mol. The van der Waals surface area contributed by atoms with Crippen LogP contribution in [0.3, 0.4) is 0 Å². The van der Waals surface area contributed by atoms with Crippen molar-refractivity contribution in [2.45, 2.75) is 63.0 Å². The lowest BCUT2D eigenvalue weighted by Gasteiger charge is -2.44. The van der Waals surface area contributed by atoms with Crippen LogP contribution in [0.5, 0.6) is 5.75 Å². The second-order valence-corrected chi connectivity index (χ2v) is 7.80. The molecular weight excluding hydrogens is 335 g/mol. The third-order valence-corrected chi connectivity index (χ3v) is 5.95. The molecule has 6 heteroatoms. The maximum absolute atomic E-state index is 13.4. The van der Waals surface area contributed by atoms with Crippen LogP contribution in [-0.4, -0.2) is 41.4 Å². The summed E-state index contributed by atoms with van der Waals surface area (Å²) >= 11 is 0. The highest BCUT2D eigenvalue weighted by atomic mass is 19.1. The van der Waals surface area contributed by atoms with Crippen LogP contribution in [0.15, 0.2) is 18.2 Å². The summed E-state index contributed by atoms with van der Waals surface area (Å²) in [7, 11) is 0. The zero-order valence-corrected chi connectivity index (χ0v) is 14.9. The molecular formula is C20H25FN2O3. The standard InChI is InChI=1S/C20H25FN2O3/c21-14-6-7-18-16(12-14)17(24)13-20(26-18)8-10-23(11-9-20)19(25)22-15-4-2-1-3-5-15/h6-7,12,15H,1-5,8-11,13H2,(H,22,25). The molecule has 1 saturated heterocycles. The summed E-state index contributed by atoms with van der Waals surface area (Å²) in [4.78, 5) is 26.8. The molecule has 4 rings (SSSR count). The number of fused-ring (bicyclic) bond motifs is 1. The van der Waals surface area contributed by atoms with Crippen molar-refractivity contribution in [1.29, 1.82) is 0 Å². The SMILES string of the molecule is O=C1CC2(CCN(C(=O)NC3CCCCC3)CC2)Oc2ccc(F)cc21. The van der Waals surface area contributed by atoms with Gasteiger partial charge in [-0.1, -0.05) is 19.3 Å². The van der Waals surface area contributed by atoms with Crippen LogP contribution in [0, 0.1) is 5.82 Å². The predicted molar refractivity (Wildman–Crippen MR) is 94.9 cm³/mol. The number of piperidine rings is 1. The molecule has 26 heavy (non-hydrogen) atoms. The molecule has 1 aliphatic carbocycles. The molecule has 1 spiro atoms. The van der Waals surface area contributed by atoms with Gasteiger partial charge in [0, 0.05) is 32.0 Å². The second-order valence-electron chi connectivity index (χ2n) is 7.80. The largest absolute Gasteiger partial charge is 0.486 e. The minimum Gasteiger partial charge on any atom is -0.486 e. The summed E-state index contributed by atoms with van der Waals surface area (Å²) in [6.45, 7) is 1.14. The highest BCUT2D eigenvalue weighted by Crippen LogP contribution is 2.39. The Balaban J connectivity index is 1.38. The van der Waals surface area contributed by atoms with E-state index in [0.717, 1.165) is 12.8 Å². The fraction of sp³-hybridized carbons (Fsp3) is 0.600. The van der Waals surface area contributed by atoms with E-state index < -0.39 is 11.4 Å². The number of Topliss-reactive ketones (excluding diaryl/α,β-unsaturated/α-hetero) is 1. The molecule has 140 valence electrons. The van der Waals surface area contributed by atoms with E-state index in [1.54, 1.807) is 0 Å². The Kier molecular flexibility index (Phi) is 4.59. The Morgan fingerprint density at radius 3 is 2.65 bits per heavy atom. The number of hydrogen-bond donors (Lipinski definition) is 1. The van der Waals surface area contributed by atoms with E-state index in [2.05, 4.69) is 5.32 Å². The smallest absolute Gasteiger partial charge is 0.317 e. The summed E-state index contributed by atoms with van der Waals surface area (Å²) in [6.07, 6.45) is 7.25. The third kappa shape index (κ3) is 3.41. The Labute approximate surface area is 152 Å². The van der Waals surface area contributed by atoms with Gasteiger partial charge in [-0.3, -0.25) is 4.79 Å². The Hall–Kier alpha value is -2.11. The van der Waals surface area contributed by atoms with Gasteiger partial charge in [0.1, 0.15) is 17.2 Å². The number of ether oxygens (including phenoxy) is 1. The van der Waals surface area contributed by atoms with Crippen LogP contribution in [0.25, 0.3) is 0 Å². The molecule has 3 aliphatic rings. The molecule has 0 atom stereocenters. The van der Waals surface area contributed by atoms with Crippen molar-refractivity contribution in [3.05, 3.63) is 29.6 Å². The van der Waals surface area contributed by atoms with Gasteiger partial charge in [-0.2, -0.15) is 0 Å². The average molecular weight is 360 g/mol. The molecule has 1 aromatic rings. The zero-order valence-electron chi connectivity index (χ0n) is 14.9. The second kappa shape index (κ2) is 6.89. The molecule has 2 heterocycles. The predicted octanol–water partition coefficient (Wildman–Crippen LogP) is 3.67. The maximum atomic E-state index is 13.4. The van der Waals surface area contributed by atoms with Gasteiger partial charge in [-0.25, -0.2) is 9.18 Å². The van der Waals surface area contributed by atoms with E-state index in [1.807, 2.05) is 4.90 Å². The molecule has 1 N–H and O–H groups in total. The van der Waals surface area contributed by atoms with Gasteiger partial charge in [0.05, 0.1) is 12.0 Å². The number of hydrogen-bond acceptors (Lipinski definition) is 3. The molecule has 5 nitrogen and oxygen atoms in total. The Morgan fingerprint density at radius 2 is 1.92 bits per heavy atom. The third-order valence-electron chi connectivity index (χ3n) is 5.95. The van der Waals surface area contributed by atoms with Crippen LogP contribution in [0.4, 0.5) is 9.18 Å². The first kappa shape index (κ1) is 17.3. The summed E-state index contributed by atoms with van der Waals surface area (Å²) in [6, 6.07) is 4.39. The number of halogens is 1. The van der Waals surface area contributed by atoms with Crippen LogP contribution >= 0.6 is 0 Å². The lowest BCUT2D eigenvalue weighted by atomic mass is 9.82. The van der Waals surface area contributed by atoms with Gasteiger partial charge in [0.15, 0.2) is 5.78 Å². The first-order valence-electron chi connectivity index (χ1n) is 9.62. The number of likely N-dealkylation sites (tertiary alicyclic amines) is 1. The van der Waals surface area contributed by atoms with Gasteiger partial charge in [0.25, 0.3) is 0 Å². The van der Waals surface area contributed by atoms with Crippen molar-refractivity contribution < 1.29 is 18.7 Å². The maximum Gasteiger partial charge on any atom is 0.317 e. The molecule has 2 aliphatic heterocycles. The molecule has 1 saturated carbocycles. The van der Waals surface area contributed by atoms with Crippen LogP contribution in [0.1, 0.15) is 61.7 Å². The number of urea groups is 1. The fourth-order valence-electron chi connectivity index (χ4n) is 4.38. The van der Waals surface area contributed by atoms with Crippen molar-refractivity contribution >= 4 is 11.8 Å². The average Bonchev–Trinajstić information content (AvgIpc) is 2.64. The number of benzene rings is 1. The summed E-state index contributed by atoms with van der Waals surface area (Å²) < 4.78 is 19.5. The summed E-state index contributed by atoms with van der Waals surface area (Å²) in [5, 5.41) is 3.15. The number of nitrogens with zero attached hydrogens (tertiary/aromatic N) is 1. The molecule has 2 fully saturated rings. The highest BCUT2D eigenvalue weighted by Gasteiger charge is 2.43. The van der Waals surface area contributed by atoms with Crippen molar-refractivity contribution in [2.75, 3.05) is 13.1 Å². The molecule has 0 unspecified atom stereocenters. The quantitative estimate of drug-likeness (QED) is 0.831. The van der Waals surface area contributed by atoms with Crippen LogP contribution in [0.2, 0.25) is 0 Å². The van der Waals surface area contributed by atoms with E-state index >= 15 is 0 Å².